The Morgan fingerprint density at radius 3 is 2.77 bits per heavy atom. The molecule has 1 N–H and O–H groups in total. The summed E-state index contributed by atoms with van der Waals surface area (Å²) in [5, 5.41) is 9.54. The summed E-state index contributed by atoms with van der Waals surface area (Å²) >= 11 is 1.87. The molecule has 0 aliphatic heterocycles. The molecule has 2 atom stereocenters. The maximum atomic E-state index is 9.54. The van der Waals surface area contributed by atoms with E-state index in [2.05, 4.69) is 26.0 Å². The lowest BCUT2D eigenvalue weighted by atomic mass is 9.87. The number of hydrogen-bond donors (Lipinski definition) is 1. The zero-order valence-electron chi connectivity index (χ0n) is 8.21. The number of rotatable bonds is 1. The van der Waals surface area contributed by atoms with E-state index in [1.165, 1.54) is 9.75 Å². The second kappa shape index (κ2) is 3.10. The summed E-state index contributed by atoms with van der Waals surface area (Å²) in [5.41, 5.74) is 0.248. The lowest BCUT2D eigenvalue weighted by Crippen LogP contribution is -2.16. The molecule has 2 unspecified atom stereocenters. The van der Waals surface area contributed by atoms with E-state index in [1.807, 2.05) is 11.3 Å². The van der Waals surface area contributed by atoms with Gasteiger partial charge in [-0.2, -0.15) is 0 Å². The maximum Gasteiger partial charge on any atom is 0.0549 e. The quantitative estimate of drug-likeness (QED) is 0.732. The molecule has 1 fully saturated rings. The van der Waals surface area contributed by atoms with Crippen molar-refractivity contribution in [1.29, 1.82) is 0 Å². The van der Waals surface area contributed by atoms with Gasteiger partial charge in [0, 0.05) is 15.2 Å². The number of aliphatic hydroxyl groups is 1. The highest BCUT2D eigenvalue weighted by atomic mass is 32.1. The highest BCUT2D eigenvalue weighted by Gasteiger charge is 2.36. The second-order valence-corrected chi connectivity index (χ2v) is 5.66. The average molecular weight is 196 g/mol. The molecular weight excluding hydrogens is 180 g/mol. The van der Waals surface area contributed by atoms with Crippen LogP contribution in [0.5, 0.6) is 0 Å². The van der Waals surface area contributed by atoms with Gasteiger partial charge in [0.25, 0.3) is 0 Å². The predicted molar refractivity (Wildman–Crippen MR) is 56.3 cm³/mol. The summed E-state index contributed by atoms with van der Waals surface area (Å²) in [6.45, 7) is 4.41. The molecule has 0 spiro atoms. The monoisotopic (exact) mass is 196 g/mol. The lowest BCUT2D eigenvalue weighted by Gasteiger charge is -2.21. The van der Waals surface area contributed by atoms with E-state index in [9.17, 15) is 5.11 Å². The molecule has 1 heterocycles. The first-order valence-electron chi connectivity index (χ1n) is 4.85. The number of thiophene rings is 1. The van der Waals surface area contributed by atoms with Crippen LogP contribution in [0.3, 0.4) is 0 Å². The SMILES string of the molecule is Cc1ccc(C2(C)CCC(O)C2)s1. The van der Waals surface area contributed by atoms with Gasteiger partial charge in [0.1, 0.15) is 0 Å². The van der Waals surface area contributed by atoms with E-state index in [4.69, 9.17) is 0 Å². The van der Waals surface area contributed by atoms with Crippen LogP contribution in [-0.4, -0.2) is 11.2 Å². The van der Waals surface area contributed by atoms with Crippen LogP contribution in [-0.2, 0) is 5.41 Å². The van der Waals surface area contributed by atoms with Gasteiger partial charge in [0.05, 0.1) is 6.10 Å². The number of aryl methyl sites for hydroxylation is 1. The third-order valence-electron chi connectivity index (χ3n) is 3.05. The van der Waals surface area contributed by atoms with Crippen molar-refractivity contribution >= 4 is 11.3 Å². The highest BCUT2D eigenvalue weighted by Crippen LogP contribution is 2.43. The van der Waals surface area contributed by atoms with E-state index < -0.39 is 0 Å². The van der Waals surface area contributed by atoms with Crippen LogP contribution in [0.15, 0.2) is 12.1 Å². The van der Waals surface area contributed by atoms with Gasteiger partial charge in [-0.1, -0.05) is 6.92 Å². The van der Waals surface area contributed by atoms with Crippen LogP contribution in [0.1, 0.15) is 35.9 Å². The standard InChI is InChI=1S/C11H16OS/c1-8-3-4-10(13-8)11(2)6-5-9(12)7-11/h3-4,9,12H,5-7H2,1-2H3. The van der Waals surface area contributed by atoms with Gasteiger partial charge in [-0.15, -0.1) is 11.3 Å². The van der Waals surface area contributed by atoms with Crippen molar-refractivity contribution < 1.29 is 5.11 Å². The maximum absolute atomic E-state index is 9.54. The Kier molecular flexibility index (Phi) is 2.20. The van der Waals surface area contributed by atoms with E-state index in [1.54, 1.807) is 0 Å². The molecule has 0 bridgehead atoms. The zero-order chi connectivity index (χ0) is 9.47. The van der Waals surface area contributed by atoms with Crippen LogP contribution < -0.4 is 0 Å². The van der Waals surface area contributed by atoms with Crippen LogP contribution in [0, 0.1) is 6.92 Å². The number of aliphatic hydroxyl groups excluding tert-OH is 1. The summed E-state index contributed by atoms with van der Waals surface area (Å²) < 4.78 is 0. The van der Waals surface area contributed by atoms with E-state index in [0.717, 1.165) is 19.3 Å². The van der Waals surface area contributed by atoms with Gasteiger partial charge in [-0.3, -0.25) is 0 Å². The number of hydrogen-bond acceptors (Lipinski definition) is 2. The Morgan fingerprint density at radius 2 is 2.31 bits per heavy atom. The van der Waals surface area contributed by atoms with Crippen LogP contribution >= 0.6 is 11.3 Å². The molecule has 1 aromatic rings. The third kappa shape index (κ3) is 1.65. The minimum Gasteiger partial charge on any atom is -0.393 e. The second-order valence-electron chi connectivity index (χ2n) is 4.37. The molecule has 0 amide bonds. The first kappa shape index (κ1) is 9.22. The van der Waals surface area contributed by atoms with Crippen molar-refractivity contribution in [1.82, 2.24) is 0 Å². The molecular formula is C11H16OS. The fraction of sp³-hybridized carbons (Fsp3) is 0.636. The molecule has 1 saturated carbocycles. The minimum atomic E-state index is -0.0765. The average Bonchev–Trinajstić information content (AvgIpc) is 2.60. The van der Waals surface area contributed by atoms with Crippen LogP contribution in [0.25, 0.3) is 0 Å². The molecule has 2 heteroatoms. The molecule has 1 nitrogen and oxygen atoms in total. The topological polar surface area (TPSA) is 20.2 Å². The van der Waals surface area contributed by atoms with Gasteiger partial charge in [0.2, 0.25) is 0 Å². The van der Waals surface area contributed by atoms with Crippen molar-refractivity contribution in [3.05, 3.63) is 21.9 Å². The van der Waals surface area contributed by atoms with Crippen LogP contribution in [0.4, 0.5) is 0 Å². The molecule has 72 valence electrons. The van der Waals surface area contributed by atoms with Crippen LogP contribution in [0.2, 0.25) is 0 Å². The predicted octanol–water partition coefficient (Wildman–Crippen LogP) is 2.86. The largest absolute Gasteiger partial charge is 0.393 e. The summed E-state index contributed by atoms with van der Waals surface area (Å²) in [6.07, 6.45) is 2.96. The van der Waals surface area contributed by atoms with Crippen molar-refractivity contribution in [3.63, 3.8) is 0 Å². The molecule has 0 aromatic carbocycles. The van der Waals surface area contributed by atoms with Gasteiger partial charge in [0.15, 0.2) is 0 Å². The molecule has 0 radical (unpaired) electrons. The Labute approximate surface area is 83.4 Å². The van der Waals surface area contributed by atoms with E-state index in [-0.39, 0.29) is 11.5 Å². The van der Waals surface area contributed by atoms with E-state index in [0.29, 0.717) is 0 Å². The first-order chi connectivity index (χ1) is 6.10. The van der Waals surface area contributed by atoms with Gasteiger partial charge < -0.3 is 5.11 Å². The fourth-order valence-electron chi connectivity index (χ4n) is 2.19. The van der Waals surface area contributed by atoms with Crippen molar-refractivity contribution in [2.75, 3.05) is 0 Å². The van der Waals surface area contributed by atoms with Crippen molar-refractivity contribution in [2.24, 2.45) is 0 Å². The lowest BCUT2D eigenvalue weighted by molar-refractivity contribution is 0.175. The van der Waals surface area contributed by atoms with Crippen molar-refractivity contribution in [2.45, 2.75) is 44.6 Å². The Balaban J connectivity index is 2.25. The smallest absolute Gasteiger partial charge is 0.0549 e. The molecule has 1 aromatic heterocycles. The molecule has 0 saturated heterocycles. The Bertz CT molecular complexity index is 305. The van der Waals surface area contributed by atoms with Gasteiger partial charge in [-0.25, -0.2) is 0 Å². The van der Waals surface area contributed by atoms with E-state index >= 15 is 0 Å². The van der Waals surface area contributed by atoms with Crippen molar-refractivity contribution in [3.8, 4) is 0 Å². The highest BCUT2D eigenvalue weighted by molar-refractivity contribution is 7.12. The molecule has 2 rings (SSSR count). The summed E-state index contributed by atoms with van der Waals surface area (Å²) in [6, 6.07) is 4.40. The Morgan fingerprint density at radius 1 is 1.54 bits per heavy atom. The fourth-order valence-corrected chi connectivity index (χ4v) is 3.24. The van der Waals surface area contributed by atoms with Gasteiger partial charge >= 0.3 is 0 Å². The minimum absolute atomic E-state index is 0.0765. The normalized spacial score (nSPS) is 33.9. The summed E-state index contributed by atoms with van der Waals surface area (Å²) in [7, 11) is 0. The summed E-state index contributed by atoms with van der Waals surface area (Å²) in [4.78, 5) is 2.82. The molecule has 13 heavy (non-hydrogen) atoms. The molecule has 1 aliphatic rings. The van der Waals surface area contributed by atoms with Gasteiger partial charge in [-0.05, 0) is 38.3 Å². The molecule has 1 aliphatic carbocycles. The third-order valence-corrected chi connectivity index (χ3v) is 4.36. The first-order valence-corrected chi connectivity index (χ1v) is 5.67. The Hall–Kier alpha value is -0.340. The zero-order valence-corrected chi connectivity index (χ0v) is 9.03. The summed E-state index contributed by atoms with van der Waals surface area (Å²) in [5.74, 6) is 0.